The fourth-order valence-corrected chi connectivity index (χ4v) is 1.40. The third-order valence-electron chi connectivity index (χ3n) is 2.80. The van der Waals surface area contributed by atoms with Crippen molar-refractivity contribution in [1.29, 1.82) is 0 Å². The van der Waals surface area contributed by atoms with E-state index in [2.05, 4.69) is 0 Å². The highest BCUT2D eigenvalue weighted by atomic mass is 16.5. The molecule has 0 radical (unpaired) electrons. The van der Waals surface area contributed by atoms with E-state index in [-0.39, 0.29) is 0 Å². The van der Waals surface area contributed by atoms with Gasteiger partial charge in [-0.15, -0.1) is 0 Å². The molecule has 0 aromatic carbocycles. The van der Waals surface area contributed by atoms with Crippen molar-refractivity contribution in [3.8, 4) is 0 Å². The molecule has 0 spiro atoms. The number of aliphatic carboxylic acids is 4. The van der Waals surface area contributed by atoms with Crippen LogP contribution in [-0.4, -0.2) is 68.1 Å². The highest BCUT2D eigenvalue weighted by molar-refractivity contribution is 5.93. The van der Waals surface area contributed by atoms with Crippen LogP contribution in [0.5, 0.6) is 0 Å². The van der Waals surface area contributed by atoms with Crippen LogP contribution in [0.4, 0.5) is 0 Å². The second kappa shape index (κ2) is 13.2. The Hall–Kier alpha value is -2.28. The number of nitrogens with two attached hydrogens (primary N) is 2. The quantitative estimate of drug-likeness (QED) is 0.116. The Morgan fingerprint density at radius 3 is 1.67 bits per heavy atom. The van der Waals surface area contributed by atoms with E-state index < -0.39 is 48.3 Å². The minimum Gasteiger partial charge on any atom is -0.481 e. The predicted molar refractivity (Wildman–Crippen MR) is 78.2 cm³/mol. The van der Waals surface area contributed by atoms with E-state index in [0.717, 1.165) is 6.42 Å². The van der Waals surface area contributed by atoms with Gasteiger partial charge in [0.05, 0.1) is 0 Å². The highest BCUT2D eigenvalue weighted by Gasteiger charge is 2.30. The molecule has 2 atom stereocenters. The lowest BCUT2D eigenvalue weighted by Crippen LogP contribution is -2.37. The molecular weight excluding hydrogens is 330 g/mol. The summed E-state index contributed by atoms with van der Waals surface area (Å²) in [6.45, 7) is 0.553. The first-order chi connectivity index (χ1) is 11.1. The SMILES string of the molecule is NCCCC[C@H](NO)C(=O)O.N[C@@H](CC(C(=O)O)C(=O)O)C(=O)O. The van der Waals surface area contributed by atoms with Gasteiger partial charge < -0.3 is 37.1 Å². The number of nitrogens with one attached hydrogen (secondary N) is 1. The van der Waals surface area contributed by atoms with Crippen molar-refractivity contribution in [3.05, 3.63) is 0 Å². The van der Waals surface area contributed by atoms with Crippen LogP contribution in [0.3, 0.4) is 0 Å². The molecule has 0 heterocycles. The molecule has 0 bridgehead atoms. The first-order valence-corrected chi connectivity index (χ1v) is 6.84. The zero-order valence-corrected chi connectivity index (χ0v) is 12.8. The van der Waals surface area contributed by atoms with Gasteiger partial charge in [0.2, 0.25) is 0 Å². The molecule has 0 rings (SSSR count). The van der Waals surface area contributed by atoms with E-state index >= 15 is 0 Å². The summed E-state index contributed by atoms with van der Waals surface area (Å²) in [4.78, 5) is 41.0. The second-order valence-electron chi connectivity index (χ2n) is 4.71. The number of carbonyl (C=O) groups is 4. The van der Waals surface area contributed by atoms with Gasteiger partial charge in [0, 0.05) is 0 Å². The van der Waals surface area contributed by atoms with Crippen LogP contribution in [0.25, 0.3) is 0 Å². The largest absolute Gasteiger partial charge is 0.481 e. The Bertz CT molecular complexity index is 416. The molecule has 0 aromatic heterocycles. The molecule has 0 aromatic rings. The van der Waals surface area contributed by atoms with E-state index in [9.17, 15) is 19.2 Å². The van der Waals surface area contributed by atoms with Crippen LogP contribution >= 0.6 is 0 Å². The topological polar surface area (TPSA) is 233 Å². The van der Waals surface area contributed by atoms with Gasteiger partial charge in [-0.05, 0) is 32.2 Å². The summed E-state index contributed by atoms with van der Waals surface area (Å²) in [7, 11) is 0. The van der Waals surface area contributed by atoms with Gasteiger partial charge in [-0.3, -0.25) is 19.2 Å². The van der Waals surface area contributed by atoms with E-state index in [4.69, 9.17) is 37.1 Å². The summed E-state index contributed by atoms with van der Waals surface area (Å²) in [6, 6.07) is -2.33. The van der Waals surface area contributed by atoms with Crippen LogP contribution in [-0.2, 0) is 19.2 Å². The van der Waals surface area contributed by atoms with E-state index in [1.807, 2.05) is 0 Å². The number of hydroxylamine groups is 1. The molecule has 12 nitrogen and oxygen atoms in total. The van der Waals surface area contributed by atoms with Gasteiger partial charge in [-0.1, -0.05) is 0 Å². The molecule has 0 amide bonds. The first kappa shape index (κ1) is 24.0. The van der Waals surface area contributed by atoms with E-state index in [1.54, 1.807) is 5.48 Å². The number of hydrogen-bond donors (Lipinski definition) is 8. The van der Waals surface area contributed by atoms with Crippen LogP contribution in [0.15, 0.2) is 0 Å². The molecule has 0 saturated carbocycles. The Morgan fingerprint density at radius 2 is 1.38 bits per heavy atom. The highest BCUT2D eigenvalue weighted by Crippen LogP contribution is 2.06. The van der Waals surface area contributed by atoms with Crippen LogP contribution < -0.4 is 16.9 Å². The van der Waals surface area contributed by atoms with Gasteiger partial charge in [-0.25, -0.2) is 0 Å². The number of rotatable bonds is 11. The summed E-state index contributed by atoms with van der Waals surface area (Å²) in [5.41, 5.74) is 11.9. The van der Waals surface area contributed by atoms with Crippen molar-refractivity contribution < 1.29 is 44.8 Å². The number of carboxylic acids is 4. The van der Waals surface area contributed by atoms with Crippen molar-refractivity contribution in [2.24, 2.45) is 17.4 Å². The molecule has 0 aliphatic rings. The summed E-state index contributed by atoms with van der Waals surface area (Å²) in [5.74, 6) is -7.42. The monoisotopic (exact) mass is 353 g/mol. The molecule has 24 heavy (non-hydrogen) atoms. The molecule has 0 aliphatic carbocycles. The van der Waals surface area contributed by atoms with Crippen molar-refractivity contribution in [3.63, 3.8) is 0 Å². The molecule has 0 saturated heterocycles. The van der Waals surface area contributed by atoms with E-state index in [1.165, 1.54) is 0 Å². The van der Waals surface area contributed by atoms with Crippen molar-refractivity contribution in [1.82, 2.24) is 5.48 Å². The second-order valence-corrected chi connectivity index (χ2v) is 4.71. The predicted octanol–water partition coefficient (Wildman–Crippen LogP) is -1.88. The van der Waals surface area contributed by atoms with Crippen LogP contribution in [0, 0.1) is 5.92 Å². The van der Waals surface area contributed by atoms with Crippen LogP contribution in [0.2, 0.25) is 0 Å². The Morgan fingerprint density at radius 1 is 0.875 bits per heavy atom. The third-order valence-corrected chi connectivity index (χ3v) is 2.80. The number of hydrogen-bond acceptors (Lipinski definition) is 8. The van der Waals surface area contributed by atoms with Gasteiger partial charge in [0.1, 0.15) is 12.1 Å². The lowest BCUT2D eigenvalue weighted by molar-refractivity contribution is -0.155. The zero-order chi connectivity index (χ0) is 19.3. The molecule has 140 valence electrons. The zero-order valence-electron chi connectivity index (χ0n) is 12.8. The van der Waals surface area contributed by atoms with Crippen molar-refractivity contribution >= 4 is 23.9 Å². The standard InChI is InChI=1S/C6H14N2O3.C6H9NO6/c7-4-2-1-3-5(8-11)6(9)10;7-3(6(12)13)1-2(4(8)9)5(10)11/h5,8,11H,1-4,7H2,(H,9,10);2-3H,1,7H2,(H,8,9)(H,10,11)(H,12,13)/t5-;3-/m00/s1. The summed E-state index contributed by atoms with van der Waals surface area (Å²) >= 11 is 0. The van der Waals surface area contributed by atoms with Gasteiger partial charge >= 0.3 is 23.9 Å². The molecular formula is C12H23N3O9. The first-order valence-electron chi connectivity index (χ1n) is 6.84. The Labute approximate surface area is 137 Å². The van der Waals surface area contributed by atoms with E-state index in [0.29, 0.717) is 19.4 Å². The lowest BCUT2D eigenvalue weighted by atomic mass is 10.0. The smallest absolute Gasteiger partial charge is 0.323 e. The van der Waals surface area contributed by atoms with Crippen molar-refractivity contribution in [2.75, 3.05) is 6.54 Å². The Balaban J connectivity index is 0. The summed E-state index contributed by atoms with van der Waals surface area (Å²) in [5, 5.41) is 41.7. The molecule has 10 N–H and O–H groups in total. The summed E-state index contributed by atoms with van der Waals surface area (Å²) in [6.07, 6.45) is 1.27. The maximum Gasteiger partial charge on any atom is 0.323 e. The average molecular weight is 353 g/mol. The number of unbranched alkanes of at least 4 members (excludes halogenated alkanes) is 1. The molecule has 0 aliphatic heterocycles. The summed E-state index contributed by atoms with van der Waals surface area (Å²) < 4.78 is 0. The lowest BCUT2D eigenvalue weighted by Gasteiger charge is -2.09. The molecule has 12 heteroatoms. The Kier molecular flexibility index (Phi) is 13.2. The maximum absolute atomic E-state index is 10.3. The number of carboxylic acid groups (broad SMARTS) is 4. The third kappa shape index (κ3) is 11.3. The molecule has 0 fully saturated rings. The van der Waals surface area contributed by atoms with Gasteiger partial charge in [-0.2, -0.15) is 5.48 Å². The minimum atomic E-state index is -1.77. The van der Waals surface area contributed by atoms with Gasteiger partial charge in [0.25, 0.3) is 0 Å². The van der Waals surface area contributed by atoms with Crippen LogP contribution in [0.1, 0.15) is 25.7 Å². The fourth-order valence-electron chi connectivity index (χ4n) is 1.40. The fraction of sp³-hybridized carbons (Fsp3) is 0.667. The maximum atomic E-state index is 10.3. The average Bonchev–Trinajstić information content (AvgIpc) is 2.48. The van der Waals surface area contributed by atoms with Crippen molar-refractivity contribution in [2.45, 2.75) is 37.8 Å². The minimum absolute atomic E-state index is 0.406. The molecule has 0 unspecified atom stereocenters. The van der Waals surface area contributed by atoms with Gasteiger partial charge in [0.15, 0.2) is 5.92 Å². The normalized spacial score (nSPS) is 12.7.